The number of hydrogen-bond donors (Lipinski definition) is 2. The fraction of sp³-hybridized carbons (Fsp3) is 0.500. The van der Waals surface area contributed by atoms with E-state index in [0.717, 1.165) is 16.9 Å². The summed E-state index contributed by atoms with van der Waals surface area (Å²) in [6.45, 7) is -0.729. The lowest BCUT2D eigenvalue weighted by Crippen LogP contribution is -2.40. The van der Waals surface area contributed by atoms with E-state index in [1.54, 1.807) is 0 Å². The first-order valence-electron chi connectivity index (χ1n) is 7.65. The zero-order chi connectivity index (χ0) is 17.7. The van der Waals surface area contributed by atoms with Gasteiger partial charge in [-0.15, -0.1) is 0 Å². The van der Waals surface area contributed by atoms with Crippen molar-refractivity contribution in [2.45, 2.75) is 19.0 Å². The molecule has 1 aliphatic heterocycles. The van der Waals surface area contributed by atoms with Gasteiger partial charge in [0, 0.05) is 19.6 Å². The van der Waals surface area contributed by atoms with E-state index >= 15 is 0 Å². The van der Waals surface area contributed by atoms with E-state index in [0.29, 0.717) is 13.0 Å². The van der Waals surface area contributed by atoms with E-state index < -0.39 is 43.1 Å². The van der Waals surface area contributed by atoms with Gasteiger partial charge in [0.25, 0.3) is 0 Å². The number of rotatable bonds is 5. The van der Waals surface area contributed by atoms with Crippen LogP contribution in [0.1, 0.15) is 12.0 Å². The molecule has 1 heterocycles. The molecule has 8 heteroatoms. The van der Waals surface area contributed by atoms with Gasteiger partial charge in [-0.1, -0.05) is 30.3 Å². The molecular formula is C16H19F3N2O3. The average molecular weight is 344 g/mol. The number of alkyl halides is 3. The first-order chi connectivity index (χ1) is 11.3. The van der Waals surface area contributed by atoms with Gasteiger partial charge in [0.2, 0.25) is 0 Å². The van der Waals surface area contributed by atoms with Crippen LogP contribution in [0, 0.1) is 11.8 Å². The van der Waals surface area contributed by atoms with E-state index in [1.807, 2.05) is 30.3 Å². The maximum absolute atomic E-state index is 12.9. The molecule has 1 aromatic rings. The fourth-order valence-corrected chi connectivity index (χ4v) is 2.80. The summed E-state index contributed by atoms with van der Waals surface area (Å²) in [5.74, 6) is -5.16. The molecule has 1 fully saturated rings. The van der Waals surface area contributed by atoms with Gasteiger partial charge in [0.05, 0.1) is 11.8 Å². The Morgan fingerprint density at radius 1 is 1.21 bits per heavy atom. The second-order valence-corrected chi connectivity index (χ2v) is 5.82. The minimum Gasteiger partial charge on any atom is -0.481 e. The Kier molecular flexibility index (Phi) is 5.69. The molecule has 132 valence electrons. The van der Waals surface area contributed by atoms with Crippen LogP contribution >= 0.6 is 0 Å². The smallest absolute Gasteiger partial charge is 0.394 e. The molecule has 5 nitrogen and oxygen atoms in total. The summed E-state index contributed by atoms with van der Waals surface area (Å²) in [5.41, 5.74) is 1.11. The average Bonchev–Trinajstić information content (AvgIpc) is 2.98. The monoisotopic (exact) mass is 344 g/mol. The van der Waals surface area contributed by atoms with E-state index in [9.17, 15) is 22.8 Å². The van der Waals surface area contributed by atoms with Crippen molar-refractivity contribution < 1.29 is 27.9 Å². The first-order valence-corrected chi connectivity index (χ1v) is 7.65. The Morgan fingerprint density at radius 3 is 2.42 bits per heavy atom. The molecule has 0 aromatic heterocycles. The van der Waals surface area contributed by atoms with Crippen LogP contribution in [0.4, 0.5) is 18.0 Å². The lowest BCUT2D eigenvalue weighted by atomic mass is 9.96. The molecule has 2 atom stereocenters. The summed E-state index contributed by atoms with van der Waals surface area (Å²) in [7, 11) is 0. The van der Waals surface area contributed by atoms with Crippen LogP contribution in [0.15, 0.2) is 30.3 Å². The van der Waals surface area contributed by atoms with Gasteiger partial charge in [-0.05, 0) is 18.4 Å². The highest BCUT2D eigenvalue weighted by Gasteiger charge is 2.53. The molecule has 2 rings (SSSR count). The van der Waals surface area contributed by atoms with Gasteiger partial charge in [0.15, 0.2) is 0 Å². The van der Waals surface area contributed by atoms with Crippen molar-refractivity contribution in [2.24, 2.45) is 11.8 Å². The molecular weight excluding hydrogens is 325 g/mol. The molecule has 2 N–H and O–H groups in total. The fourth-order valence-electron chi connectivity index (χ4n) is 2.80. The zero-order valence-corrected chi connectivity index (χ0v) is 12.9. The lowest BCUT2D eigenvalue weighted by Gasteiger charge is -2.18. The van der Waals surface area contributed by atoms with E-state index in [2.05, 4.69) is 5.32 Å². The number of halogens is 3. The number of aliphatic carboxylic acids is 1. The number of carboxylic acid groups (broad SMARTS) is 1. The number of hydrogen-bond acceptors (Lipinski definition) is 2. The van der Waals surface area contributed by atoms with Crippen LogP contribution in [0.3, 0.4) is 0 Å². The molecule has 1 aromatic carbocycles. The minimum atomic E-state index is -4.63. The van der Waals surface area contributed by atoms with Gasteiger partial charge in [-0.25, -0.2) is 4.79 Å². The van der Waals surface area contributed by atoms with E-state index in [-0.39, 0.29) is 0 Å². The van der Waals surface area contributed by atoms with Gasteiger partial charge in [-0.3, -0.25) is 4.79 Å². The Bertz CT molecular complexity index is 578. The van der Waals surface area contributed by atoms with Crippen LogP contribution in [0.2, 0.25) is 0 Å². The summed E-state index contributed by atoms with van der Waals surface area (Å²) >= 11 is 0. The van der Waals surface area contributed by atoms with Crippen molar-refractivity contribution >= 4 is 12.0 Å². The predicted molar refractivity (Wildman–Crippen MR) is 80.4 cm³/mol. The number of carbonyl (C=O) groups excluding carboxylic acids is 1. The Labute approximate surface area is 137 Å². The topological polar surface area (TPSA) is 69.6 Å². The Morgan fingerprint density at radius 2 is 1.88 bits per heavy atom. The summed E-state index contributed by atoms with van der Waals surface area (Å²) in [4.78, 5) is 23.9. The molecule has 1 saturated heterocycles. The zero-order valence-electron chi connectivity index (χ0n) is 12.9. The third kappa shape index (κ3) is 4.62. The first kappa shape index (κ1) is 18.1. The molecule has 24 heavy (non-hydrogen) atoms. The van der Waals surface area contributed by atoms with Gasteiger partial charge in [-0.2, -0.15) is 13.2 Å². The predicted octanol–water partition coefficient (Wildman–Crippen LogP) is 2.52. The second-order valence-electron chi connectivity index (χ2n) is 5.82. The standard InChI is InChI=1S/C16H19F3N2O3/c17-16(18,19)13-10-21(9-12(13)14(22)23)15(24)20-8-4-7-11-5-2-1-3-6-11/h1-3,5-6,12-13H,4,7-10H2,(H,20,24)(H,22,23)/t12-,13-/m1/s1. The number of nitrogens with zero attached hydrogens (tertiary/aromatic N) is 1. The summed E-state index contributed by atoms with van der Waals surface area (Å²) < 4.78 is 38.6. The summed E-state index contributed by atoms with van der Waals surface area (Å²) in [5, 5.41) is 11.5. The normalized spacial score (nSPS) is 20.9. The molecule has 0 aliphatic carbocycles. The lowest BCUT2D eigenvalue weighted by molar-refractivity contribution is -0.187. The SMILES string of the molecule is O=C(O)[C@@H]1CN(C(=O)NCCCc2ccccc2)C[C@H]1C(F)(F)F. The van der Waals surface area contributed by atoms with Crippen molar-refractivity contribution in [3.05, 3.63) is 35.9 Å². The van der Waals surface area contributed by atoms with Crippen LogP contribution in [-0.2, 0) is 11.2 Å². The molecule has 2 amide bonds. The largest absolute Gasteiger partial charge is 0.481 e. The van der Waals surface area contributed by atoms with Crippen LogP contribution in [0.25, 0.3) is 0 Å². The maximum atomic E-state index is 12.9. The highest BCUT2D eigenvalue weighted by molar-refractivity contribution is 5.77. The van der Waals surface area contributed by atoms with Crippen LogP contribution in [-0.4, -0.2) is 47.8 Å². The van der Waals surface area contributed by atoms with Gasteiger partial charge >= 0.3 is 18.2 Å². The number of likely N-dealkylation sites (tertiary alicyclic amines) is 1. The summed E-state index contributed by atoms with van der Waals surface area (Å²) in [6, 6.07) is 8.96. The second kappa shape index (κ2) is 7.55. The highest BCUT2D eigenvalue weighted by Crippen LogP contribution is 2.37. The van der Waals surface area contributed by atoms with Crippen molar-refractivity contribution in [3.8, 4) is 0 Å². The van der Waals surface area contributed by atoms with Crippen LogP contribution in [0.5, 0.6) is 0 Å². The highest BCUT2D eigenvalue weighted by atomic mass is 19.4. The molecule has 0 radical (unpaired) electrons. The molecule has 0 unspecified atom stereocenters. The number of nitrogens with one attached hydrogen (secondary N) is 1. The quantitative estimate of drug-likeness (QED) is 0.807. The molecule has 1 aliphatic rings. The van der Waals surface area contributed by atoms with Crippen molar-refractivity contribution in [2.75, 3.05) is 19.6 Å². The van der Waals surface area contributed by atoms with E-state index in [1.165, 1.54) is 0 Å². The summed E-state index contributed by atoms with van der Waals surface area (Å²) in [6.07, 6.45) is -3.25. The Balaban J connectivity index is 1.81. The molecule has 0 saturated carbocycles. The number of carboxylic acids is 1. The molecule has 0 bridgehead atoms. The van der Waals surface area contributed by atoms with E-state index in [4.69, 9.17) is 5.11 Å². The van der Waals surface area contributed by atoms with Crippen molar-refractivity contribution in [1.82, 2.24) is 10.2 Å². The van der Waals surface area contributed by atoms with Gasteiger partial charge < -0.3 is 15.3 Å². The third-order valence-electron chi connectivity index (χ3n) is 4.11. The number of urea groups is 1. The van der Waals surface area contributed by atoms with Crippen LogP contribution < -0.4 is 5.32 Å². The Hall–Kier alpha value is -2.25. The van der Waals surface area contributed by atoms with Gasteiger partial charge in [0.1, 0.15) is 0 Å². The number of benzene rings is 1. The minimum absolute atomic E-state index is 0.318. The molecule has 0 spiro atoms. The van der Waals surface area contributed by atoms with Crippen molar-refractivity contribution in [1.29, 1.82) is 0 Å². The van der Waals surface area contributed by atoms with Crippen molar-refractivity contribution in [3.63, 3.8) is 0 Å². The number of carbonyl (C=O) groups is 2. The number of amides is 2. The maximum Gasteiger partial charge on any atom is 0.394 e. The third-order valence-corrected chi connectivity index (χ3v) is 4.11. The number of aryl methyl sites for hydroxylation is 1.